The Labute approximate surface area is 72.8 Å². The van der Waals surface area contributed by atoms with E-state index in [4.69, 9.17) is 12.2 Å². The van der Waals surface area contributed by atoms with Gasteiger partial charge < -0.3 is 4.90 Å². The maximum absolute atomic E-state index is 5.10. The molecule has 5 heteroatoms. The van der Waals surface area contributed by atoms with E-state index in [2.05, 4.69) is 9.89 Å². The van der Waals surface area contributed by atoms with Gasteiger partial charge >= 0.3 is 0 Å². The topological polar surface area (TPSA) is 15.6 Å². The summed E-state index contributed by atoms with van der Waals surface area (Å²) < 4.78 is 0.975. The van der Waals surface area contributed by atoms with Gasteiger partial charge in [0.2, 0.25) is 0 Å². The minimum absolute atomic E-state index is 0.974. The van der Waals surface area contributed by atoms with Crippen LogP contribution in [0.25, 0.3) is 0 Å². The Bertz CT molecular complexity index is 201. The molecule has 1 saturated heterocycles. The summed E-state index contributed by atoms with van der Waals surface area (Å²) >= 11 is 5.10. The summed E-state index contributed by atoms with van der Waals surface area (Å²) in [6.45, 7) is 2.04. The fraction of sp³-hybridized carbons (Fsp3) is 0.600. The van der Waals surface area contributed by atoms with Crippen LogP contribution in [0.1, 0.15) is 6.42 Å². The van der Waals surface area contributed by atoms with E-state index in [9.17, 15) is 0 Å². The number of nitrogens with zero attached hydrogens (tertiary/aromatic N) is 2. The van der Waals surface area contributed by atoms with Gasteiger partial charge in [-0.2, -0.15) is 0 Å². The van der Waals surface area contributed by atoms with Crippen LogP contribution >= 0.6 is 33.8 Å². The number of hydrogen-bond donors (Lipinski definition) is 0. The fourth-order valence-electron chi connectivity index (χ4n) is 0.943. The van der Waals surface area contributed by atoms with Gasteiger partial charge in [0.15, 0.2) is 9.49 Å². The Morgan fingerprint density at radius 2 is 2.40 bits per heavy atom. The Balaban J connectivity index is 2.25. The molecular formula is C5H6N2S3. The molecule has 2 rings (SSSR count). The summed E-state index contributed by atoms with van der Waals surface area (Å²) in [7, 11) is 3.33. The zero-order valence-electron chi connectivity index (χ0n) is 5.24. The second-order valence-corrected chi connectivity index (χ2v) is 4.83. The van der Waals surface area contributed by atoms with E-state index in [1.807, 2.05) is 0 Å². The summed E-state index contributed by atoms with van der Waals surface area (Å²) in [5.41, 5.74) is 0. The van der Waals surface area contributed by atoms with E-state index in [0.717, 1.165) is 29.0 Å². The van der Waals surface area contributed by atoms with Gasteiger partial charge in [0.25, 0.3) is 0 Å². The molecule has 0 aliphatic carbocycles. The highest BCUT2D eigenvalue weighted by Crippen LogP contribution is 2.37. The van der Waals surface area contributed by atoms with Crippen molar-refractivity contribution in [2.24, 2.45) is 4.99 Å². The SMILES string of the molecule is S=C1SSC2=NCCCN12. The quantitative estimate of drug-likeness (QED) is 0.427. The maximum Gasteiger partial charge on any atom is 0.176 e. The van der Waals surface area contributed by atoms with E-state index in [1.54, 1.807) is 21.6 Å². The first-order valence-corrected chi connectivity index (χ1v) is 5.64. The number of hydrogen-bond acceptors (Lipinski definition) is 4. The van der Waals surface area contributed by atoms with E-state index in [-0.39, 0.29) is 0 Å². The summed E-state index contributed by atoms with van der Waals surface area (Å²) in [6, 6.07) is 0. The molecule has 0 unspecified atom stereocenters. The van der Waals surface area contributed by atoms with Gasteiger partial charge in [0, 0.05) is 13.1 Å². The van der Waals surface area contributed by atoms with Gasteiger partial charge in [-0.3, -0.25) is 4.99 Å². The van der Waals surface area contributed by atoms with Gasteiger partial charge in [0.1, 0.15) is 0 Å². The fourth-order valence-corrected chi connectivity index (χ4v) is 3.51. The Kier molecular flexibility index (Phi) is 1.88. The number of aliphatic imine (C=N–C) groups is 1. The standard InChI is InChI=1S/C5H6N2S3/c8-5-7-3-1-2-6-4(7)9-10-5/h1-3H2. The van der Waals surface area contributed by atoms with Gasteiger partial charge in [-0.25, -0.2) is 0 Å². The lowest BCUT2D eigenvalue weighted by Crippen LogP contribution is -2.31. The maximum atomic E-state index is 5.10. The summed E-state index contributed by atoms with van der Waals surface area (Å²) in [5, 5.41) is 1.11. The van der Waals surface area contributed by atoms with Gasteiger partial charge in [0.05, 0.1) is 0 Å². The van der Waals surface area contributed by atoms with Gasteiger partial charge in [-0.1, -0.05) is 12.2 Å². The van der Waals surface area contributed by atoms with E-state index < -0.39 is 0 Å². The average Bonchev–Trinajstić information content (AvgIpc) is 2.34. The zero-order chi connectivity index (χ0) is 6.97. The second-order valence-electron chi connectivity index (χ2n) is 2.10. The smallest absolute Gasteiger partial charge is 0.176 e. The third-order valence-corrected chi connectivity index (χ3v) is 4.33. The largest absolute Gasteiger partial charge is 0.305 e. The summed E-state index contributed by atoms with van der Waals surface area (Å²) in [5.74, 6) is 0. The molecule has 0 amide bonds. The molecule has 0 saturated carbocycles. The monoisotopic (exact) mass is 190 g/mol. The lowest BCUT2D eigenvalue weighted by atomic mass is 10.4. The van der Waals surface area contributed by atoms with Crippen LogP contribution in [0, 0.1) is 0 Å². The average molecular weight is 190 g/mol. The van der Waals surface area contributed by atoms with Crippen molar-refractivity contribution in [1.29, 1.82) is 0 Å². The van der Waals surface area contributed by atoms with Crippen LogP contribution in [0.3, 0.4) is 0 Å². The number of amidine groups is 1. The molecule has 0 bridgehead atoms. The van der Waals surface area contributed by atoms with Crippen LogP contribution in [0.15, 0.2) is 4.99 Å². The number of fused-ring (bicyclic) bond motifs is 1. The zero-order valence-corrected chi connectivity index (χ0v) is 7.69. The first-order chi connectivity index (χ1) is 4.88. The number of rotatable bonds is 0. The molecule has 2 nitrogen and oxygen atoms in total. The highest BCUT2D eigenvalue weighted by molar-refractivity contribution is 8.89. The summed E-state index contributed by atoms with van der Waals surface area (Å²) in [6.07, 6.45) is 1.14. The third-order valence-electron chi connectivity index (χ3n) is 1.43. The molecule has 10 heavy (non-hydrogen) atoms. The van der Waals surface area contributed by atoms with Crippen LogP contribution in [0.5, 0.6) is 0 Å². The molecule has 0 aromatic rings. The van der Waals surface area contributed by atoms with Crippen molar-refractivity contribution in [2.45, 2.75) is 6.42 Å². The minimum Gasteiger partial charge on any atom is -0.305 e. The predicted molar refractivity (Wildman–Crippen MR) is 51.4 cm³/mol. The van der Waals surface area contributed by atoms with Crippen molar-refractivity contribution in [1.82, 2.24) is 4.90 Å². The molecule has 0 radical (unpaired) electrons. The number of thiocarbonyl (C=S) groups is 1. The van der Waals surface area contributed by atoms with E-state index >= 15 is 0 Å². The highest BCUT2D eigenvalue weighted by Gasteiger charge is 2.27. The van der Waals surface area contributed by atoms with Crippen molar-refractivity contribution in [2.75, 3.05) is 13.1 Å². The lowest BCUT2D eigenvalue weighted by Gasteiger charge is -2.19. The Morgan fingerprint density at radius 1 is 1.50 bits per heavy atom. The van der Waals surface area contributed by atoms with E-state index in [0.29, 0.717) is 0 Å². The molecule has 2 aliphatic rings. The molecule has 2 heterocycles. The molecule has 0 spiro atoms. The first-order valence-electron chi connectivity index (χ1n) is 3.08. The van der Waals surface area contributed by atoms with Crippen LogP contribution in [0.4, 0.5) is 0 Å². The molecule has 54 valence electrons. The van der Waals surface area contributed by atoms with Crippen molar-refractivity contribution < 1.29 is 0 Å². The van der Waals surface area contributed by atoms with E-state index in [1.165, 1.54) is 0 Å². The first kappa shape index (κ1) is 6.94. The van der Waals surface area contributed by atoms with Crippen molar-refractivity contribution in [3.63, 3.8) is 0 Å². The normalized spacial score (nSPS) is 24.6. The molecular weight excluding hydrogens is 184 g/mol. The van der Waals surface area contributed by atoms with Gasteiger partial charge in [-0.05, 0) is 28.0 Å². The molecule has 0 aromatic carbocycles. The predicted octanol–water partition coefficient (Wildman–Crippen LogP) is 1.73. The van der Waals surface area contributed by atoms with Crippen molar-refractivity contribution >= 4 is 43.3 Å². The molecule has 2 aliphatic heterocycles. The summed E-state index contributed by atoms with van der Waals surface area (Å²) in [4.78, 5) is 6.46. The lowest BCUT2D eigenvalue weighted by molar-refractivity contribution is 0.575. The van der Waals surface area contributed by atoms with Crippen molar-refractivity contribution in [3.8, 4) is 0 Å². The van der Waals surface area contributed by atoms with Crippen LogP contribution in [0.2, 0.25) is 0 Å². The molecule has 0 atom stereocenters. The van der Waals surface area contributed by atoms with Crippen LogP contribution < -0.4 is 0 Å². The Morgan fingerprint density at radius 3 is 3.20 bits per heavy atom. The third kappa shape index (κ3) is 1.06. The highest BCUT2D eigenvalue weighted by atomic mass is 33.1. The van der Waals surface area contributed by atoms with Crippen LogP contribution in [-0.2, 0) is 0 Å². The minimum atomic E-state index is 0.974. The Hall–Kier alpha value is 0.260. The van der Waals surface area contributed by atoms with Gasteiger partial charge in [-0.15, -0.1) is 0 Å². The van der Waals surface area contributed by atoms with Crippen molar-refractivity contribution in [3.05, 3.63) is 0 Å². The molecule has 0 aromatic heterocycles. The van der Waals surface area contributed by atoms with Crippen LogP contribution in [-0.4, -0.2) is 27.5 Å². The molecule has 0 N–H and O–H groups in total. The second kappa shape index (κ2) is 2.71. The molecule has 1 fully saturated rings.